The van der Waals surface area contributed by atoms with Crippen molar-refractivity contribution in [3.63, 3.8) is 0 Å². The molecule has 0 aliphatic rings. The summed E-state index contributed by atoms with van der Waals surface area (Å²) in [5.41, 5.74) is -1.12. The first-order chi connectivity index (χ1) is 6.49. The summed E-state index contributed by atoms with van der Waals surface area (Å²) >= 11 is 4.85. The fourth-order valence-electron chi connectivity index (χ4n) is 0.902. The number of rotatable bonds is 2. The Labute approximate surface area is 82.2 Å². The van der Waals surface area contributed by atoms with Crippen LogP contribution in [0.5, 0.6) is 5.75 Å². The van der Waals surface area contributed by atoms with E-state index in [0.717, 1.165) is 7.11 Å². The first kappa shape index (κ1) is 10.8. The molecule has 0 spiro atoms. The van der Waals surface area contributed by atoms with E-state index in [-0.39, 0.29) is 0 Å². The quantitative estimate of drug-likeness (QED) is 0.570. The summed E-state index contributed by atoms with van der Waals surface area (Å²) in [6.45, 7) is 0. The lowest BCUT2D eigenvalue weighted by Crippen LogP contribution is -2.04. The van der Waals surface area contributed by atoms with Gasteiger partial charge < -0.3 is 4.74 Å². The van der Waals surface area contributed by atoms with Crippen molar-refractivity contribution in [3.8, 4) is 5.75 Å². The van der Waals surface area contributed by atoms with Crippen LogP contribution in [0.25, 0.3) is 0 Å². The molecule has 0 radical (unpaired) electrons. The molecule has 0 fully saturated rings. The van der Waals surface area contributed by atoms with E-state index in [1.165, 1.54) is 0 Å². The molecule has 0 unspecified atom stereocenters. The van der Waals surface area contributed by atoms with Crippen LogP contribution >= 0.6 is 11.6 Å². The van der Waals surface area contributed by atoms with Gasteiger partial charge >= 0.3 is 0 Å². The number of hydrogen-bond acceptors (Lipinski definition) is 2. The molecular weight excluding hydrogens is 221 g/mol. The molecule has 0 aliphatic heterocycles. The second-order valence-electron chi connectivity index (χ2n) is 2.34. The zero-order valence-corrected chi connectivity index (χ0v) is 7.66. The smallest absolute Gasteiger partial charge is 0.258 e. The van der Waals surface area contributed by atoms with Crippen LogP contribution in [0.4, 0.5) is 13.2 Å². The van der Waals surface area contributed by atoms with Gasteiger partial charge in [0.05, 0.1) is 7.11 Å². The molecule has 0 amide bonds. The SMILES string of the molecule is COc1cc(F)c(C(=O)Cl)c(F)c1F. The fourth-order valence-corrected chi connectivity index (χ4v) is 1.08. The summed E-state index contributed by atoms with van der Waals surface area (Å²) in [4.78, 5) is 10.5. The van der Waals surface area contributed by atoms with E-state index in [0.29, 0.717) is 6.07 Å². The number of hydrogen-bond donors (Lipinski definition) is 0. The predicted molar refractivity (Wildman–Crippen MR) is 43.1 cm³/mol. The van der Waals surface area contributed by atoms with Gasteiger partial charge in [-0.1, -0.05) is 0 Å². The van der Waals surface area contributed by atoms with Crippen molar-refractivity contribution in [3.05, 3.63) is 29.1 Å². The van der Waals surface area contributed by atoms with Gasteiger partial charge in [0.25, 0.3) is 5.24 Å². The van der Waals surface area contributed by atoms with Crippen LogP contribution in [-0.2, 0) is 0 Å². The Morgan fingerprint density at radius 2 is 1.93 bits per heavy atom. The molecule has 1 aromatic carbocycles. The van der Waals surface area contributed by atoms with Crippen LogP contribution in [0, 0.1) is 17.5 Å². The summed E-state index contributed by atoms with van der Waals surface area (Å²) in [7, 11) is 1.04. The lowest BCUT2D eigenvalue weighted by molar-refractivity contribution is 0.107. The maximum Gasteiger partial charge on any atom is 0.258 e. The van der Waals surface area contributed by atoms with Crippen molar-refractivity contribution >= 4 is 16.8 Å². The molecule has 1 aromatic rings. The molecule has 14 heavy (non-hydrogen) atoms. The molecule has 1 rings (SSSR count). The third-order valence-corrected chi connectivity index (χ3v) is 1.73. The van der Waals surface area contributed by atoms with Crippen LogP contribution in [-0.4, -0.2) is 12.4 Å². The van der Waals surface area contributed by atoms with Gasteiger partial charge in [0.1, 0.15) is 11.4 Å². The first-order valence-corrected chi connectivity index (χ1v) is 3.78. The minimum Gasteiger partial charge on any atom is -0.493 e. The Morgan fingerprint density at radius 1 is 1.36 bits per heavy atom. The second kappa shape index (κ2) is 3.88. The molecule has 0 atom stereocenters. The van der Waals surface area contributed by atoms with Crippen molar-refractivity contribution in [2.45, 2.75) is 0 Å². The zero-order valence-electron chi connectivity index (χ0n) is 6.91. The van der Waals surface area contributed by atoms with Crippen molar-refractivity contribution < 1.29 is 22.7 Å². The molecule has 0 saturated heterocycles. The number of benzene rings is 1. The molecule has 0 saturated carbocycles. The highest BCUT2D eigenvalue weighted by Crippen LogP contribution is 2.26. The lowest BCUT2D eigenvalue weighted by atomic mass is 10.2. The van der Waals surface area contributed by atoms with Gasteiger partial charge in [-0.25, -0.2) is 8.78 Å². The molecule has 0 bridgehead atoms. The molecule has 0 aromatic heterocycles. The highest BCUT2D eigenvalue weighted by Gasteiger charge is 2.23. The van der Waals surface area contributed by atoms with E-state index < -0.39 is 34.0 Å². The lowest BCUT2D eigenvalue weighted by Gasteiger charge is -2.05. The van der Waals surface area contributed by atoms with Crippen LogP contribution in [0.3, 0.4) is 0 Å². The monoisotopic (exact) mass is 224 g/mol. The Morgan fingerprint density at radius 3 is 2.36 bits per heavy atom. The fraction of sp³-hybridized carbons (Fsp3) is 0.125. The molecule has 0 heterocycles. The maximum absolute atomic E-state index is 13.0. The minimum atomic E-state index is -1.65. The van der Waals surface area contributed by atoms with Crippen LogP contribution < -0.4 is 4.74 Å². The molecule has 76 valence electrons. The minimum absolute atomic E-state index is 0.550. The van der Waals surface area contributed by atoms with E-state index >= 15 is 0 Å². The van der Waals surface area contributed by atoms with E-state index in [1.54, 1.807) is 0 Å². The third kappa shape index (κ3) is 1.68. The number of carbonyl (C=O) groups is 1. The van der Waals surface area contributed by atoms with E-state index in [4.69, 9.17) is 11.6 Å². The van der Waals surface area contributed by atoms with E-state index in [9.17, 15) is 18.0 Å². The molecule has 0 aliphatic carbocycles. The summed E-state index contributed by atoms with van der Waals surface area (Å²) < 4.78 is 43.2. The Hall–Kier alpha value is -1.23. The summed E-state index contributed by atoms with van der Waals surface area (Å²) in [5, 5.41) is -1.40. The van der Waals surface area contributed by atoms with Gasteiger partial charge in [0, 0.05) is 6.07 Å². The summed E-state index contributed by atoms with van der Waals surface area (Å²) in [6, 6.07) is 0.550. The normalized spacial score (nSPS) is 10.1. The number of ether oxygens (including phenoxy) is 1. The van der Waals surface area contributed by atoms with Gasteiger partial charge in [0.15, 0.2) is 11.6 Å². The van der Waals surface area contributed by atoms with Crippen LogP contribution in [0.2, 0.25) is 0 Å². The highest BCUT2D eigenvalue weighted by atomic mass is 35.5. The summed E-state index contributed by atoms with van der Waals surface area (Å²) in [6.07, 6.45) is 0. The number of methoxy groups -OCH3 is 1. The Balaban J connectivity index is 3.49. The number of carbonyl (C=O) groups excluding carboxylic acids is 1. The molecule has 0 N–H and O–H groups in total. The maximum atomic E-state index is 13.0. The predicted octanol–water partition coefficient (Wildman–Crippen LogP) is 2.49. The van der Waals surface area contributed by atoms with Crippen molar-refractivity contribution in [1.29, 1.82) is 0 Å². The molecular formula is C8H4ClF3O2. The van der Waals surface area contributed by atoms with Crippen molar-refractivity contribution in [1.82, 2.24) is 0 Å². The average Bonchev–Trinajstić information content (AvgIpc) is 2.10. The second-order valence-corrected chi connectivity index (χ2v) is 2.68. The largest absolute Gasteiger partial charge is 0.493 e. The van der Waals surface area contributed by atoms with E-state index in [2.05, 4.69) is 4.74 Å². The van der Waals surface area contributed by atoms with Gasteiger partial charge in [-0.2, -0.15) is 4.39 Å². The van der Waals surface area contributed by atoms with Gasteiger partial charge in [-0.15, -0.1) is 0 Å². The standard InChI is InChI=1S/C8H4ClF3O2/c1-14-4-2-3(10)5(8(9)13)7(12)6(4)11/h2H,1H3. The molecule has 6 heteroatoms. The topological polar surface area (TPSA) is 26.3 Å². The van der Waals surface area contributed by atoms with Gasteiger partial charge in [0.2, 0.25) is 5.82 Å². The third-order valence-electron chi connectivity index (χ3n) is 1.54. The molecule has 2 nitrogen and oxygen atoms in total. The average molecular weight is 225 g/mol. The highest BCUT2D eigenvalue weighted by molar-refractivity contribution is 6.67. The van der Waals surface area contributed by atoms with Crippen molar-refractivity contribution in [2.75, 3.05) is 7.11 Å². The van der Waals surface area contributed by atoms with E-state index in [1.807, 2.05) is 0 Å². The zero-order chi connectivity index (χ0) is 10.9. The number of halogens is 4. The first-order valence-electron chi connectivity index (χ1n) is 3.40. The van der Waals surface area contributed by atoms with Crippen molar-refractivity contribution in [2.24, 2.45) is 0 Å². The summed E-state index contributed by atoms with van der Waals surface area (Å²) in [5.74, 6) is -4.98. The van der Waals surface area contributed by atoms with Gasteiger partial charge in [-0.05, 0) is 11.6 Å². The Bertz CT molecular complexity index is 393. The van der Waals surface area contributed by atoms with Crippen LogP contribution in [0.1, 0.15) is 10.4 Å². The van der Waals surface area contributed by atoms with Crippen LogP contribution in [0.15, 0.2) is 6.07 Å². The Kier molecular flexibility index (Phi) is 3.00. The van der Waals surface area contributed by atoms with Gasteiger partial charge in [-0.3, -0.25) is 4.79 Å².